The van der Waals surface area contributed by atoms with Gasteiger partial charge in [0.05, 0.1) is 5.69 Å². The van der Waals surface area contributed by atoms with Gasteiger partial charge in [-0.25, -0.2) is 0 Å². The standard InChI is InChI=1S/C20H36N6.HI/c1-5-18-17(19(6-2)24(4)23-18)13-22-20(21-3)26-12-9-16(15-26)14-25-10-7-8-11-25;/h16H,5-15H2,1-4H3,(H,21,22);1H. The Morgan fingerprint density at radius 2 is 1.93 bits per heavy atom. The predicted molar refractivity (Wildman–Crippen MR) is 123 cm³/mol. The van der Waals surface area contributed by atoms with Crippen LogP contribution in [-0.2, 0) is 26.4 Å². The molecule has 7 heteroatoms. The molecule has 1 aromatic rings. The number of hydrogen-bond acceptors (Lipinski definition) is 3. The molecular formula is C20H37IN6. The molecule has 154 valence electrons. The smallest absolute Gasteiger partial charge is 0.193 e. The molecule has 0 aromatic carbocycles. The van der Waals surface area contributed by atoms with Crippen LogP contribution in [0.5, 0.6) is 0 Å². The Labute approximate surface area is 181 Å². The number of aliphatic imine (C=N–C) groups is 1. The van der Waals surface area contributed by atoms with Gasteiger partial charge in [0.2, 0.25) is 0 Å². The number of likely N-dealkylation sites (tertiary alicyclic amines) is 2. The van der Waals surface area contributed by atoms with Gasteiger partial charge in [0.15, 0.2) is 5.96 Å². The summed E-state index contributed by atoms with van der Waals surface area (Å²) >= 11 is 0. The summed E-state index contributed by atoms with van der Waals surface area (Å²) in [5.74, 6) is 1.82. The van der Waals surface area contributed by atoms with Crippen molar-refractivity contribution in [2.75, 3.05) is 39.8 Å². The Morgan fingerprint density at radius 1 is 1.19 bits per heavy atom. The Kier molecular flexibility index (Phi) is 8.85. The van der Waals surface area contributed by atoms with Gasteiger partial charge in [-0.05, 0) is 51.1 Å². The average molecular weight is 488 g/mol. The number of aryl methyl sites for hydroxylation is 2. The maximum absolute atomic E-state index is 4.69. The van der Waals surface area contributed by atoms with Gasteiger partial charge >= 0.3 is 0 Å². The van der Waals surface area contributed by atoms with Gasteiger partial charge in [-0.1, -0.05) is 13.8 Å². The van der Waals surface area contributed by atoms with Crippen LogP contribution in [0.15, 0.2) is 4.99 Å². The maximum atomic E-state index is 4.69. The minimum absolute atomic E-state index is 0. The molecule has 1 aromatic heterocycles. The number of nitrogens with zero attached hydrogens (tertiary/aromatic N) is 5. The van der Waals surface area contributed by atoms with Crippen LogP contribution < -0.4 is 5.32 Å². The van der Waals surface area contributed by atoms with Crippen LogP contribution in [0.25, 0.3) is 0 Å². The topological polar surface area (TPSA) is 48.7 Å². The molecule has 0 bridgehead atoms. The van der Waals surface area contributed by atoms with Crippen LogP contribution in [0.3, 0.4) is 0 Å². The van der Waals surface area contributed by atoms with Gasteiger partial charge in [0, 0.05) is 51.5 Å². The second-order valence-electron chi connectivity index (χ2n) is 7.71. The van der Waals surface area contributed by atoms with E-state index in [4.69, 9.17) is 0 Å². The van der Waals surface area contributed by atoms with Crippen LogP contribution in [0.4, 0.5) is 0 Å². The first-order valence-corrected chi connectivity index (χ1v) is 10.4. The lowest BCUT2D eigenvalue weighted by atomic mass is 10.1. The molecule has 2 aliphatic rings. The van der Waals surface area contributed by atoms with Crippen molar-refractivity contribution < 1.29 is 0 Å². The van der Waals surface area contributed by atoms with E-state index in [0.29, 0.717) is 0 Å². The zero-order chi connectivity index (χ0) is 18.5. The molecule has 0 spiro atoms. The molecule has 3 rings (SSSR count). The molecule has 2 fully saturated rings. The lowest BCUT2D eigenvalue weighted by Gasteiger charge is -2.23. The Bertz CT molecular complexity index is 620. The molecule has 1 unspecified atom stereocenters. The molecule has 3 heterocycles. The highest BCUT2D eigenvalue weighted by atomic mass is 127. The van der Waals surface area contributed by atoms with E-state index in [9.17, 15) is 0 Å². The fraction of sp³-hybridized carbons (Fsp3) is 0.800. The van der Waals surface area contributed by atoms with Gasteiger partial charge < -0.3 is 15.1 Å². The molecule has 27 heavy (non-hydrogen) atoms. The van der Waals surface area contributed by atoms with E-state index in [0.717, 1.165) is 44.4 Å². The lowest BCUT2D eigenvalue weighted by molar-refractivity contribution is 0.281. The second-order valence-corrected chi connectivity index (χ2v) is 7.71. The summed E-state index contributed by atoms with van der Waals surface area (Å²) in [4.78, 5) is 9.64. The van der Waals surface area contributed by atoms with Gasteiger partial charge in [0.1, 0.15) is 0 Å². The van der Waals surface area contributed by atoms with Crippen molar-refractivity contribution in [3.63, 3.8) is 0 Å². The van der Waals surface area contributed by atoms with Gasteiger partial charge in [-0.15, -0.1) is 24.0 Å². The van der Waals surface area contributed by atoms with E-state index >= 15 is 0 Å². The summed E-state index contributed by atoms with van der Waals surface area (Å²) in [5, 5.41) is 8.30. The lowest BCUT2D eigenvalue weighted by Crippen LogP contribution is -2.40. The van der Waals surface area contributed by atoms with Crippen molar-refractivity contribution in [2.45, 2.75) is 52.5 Å². The van der Waals surface area contributed by atoms with E-state index in [1.807, 2.05) is 11.7 Å². The molecule has 1 atom stereocenters. The number of rotatable bonds is 6. The summed E-state index contributed by atoms with van der Waals surface area (Å²) in [6.07, 6.45) is 6.03. The SMILES string of the molecule is CCc1nn(C)c(CC)c1CNC(=NC)N1CCC(CN2CCCC2)C1.I. The van der Waals surface area contributed by atoms with Crippen LogP contribution >= 0.6 is 24.0 Å². The fourth-order valence-corrected chi connectivity index (χ4v) is 4.60. The zero-order valence-corrected chi connectivity index (χ0v) is 19.8. The number of hydrogen-bond donors (Lipinski definition) is 1. The molecule has 2 aliphatic heterocycles. The second kappa shape index (κ2) is 10.6. The highest BCUT2D eigenvalue weighted by Gasteiger charge is 2.27. The molecule has 6 nitrogen and oxygen atoms in total. The number of nitrogens with one attached hydrogen (secondary N) is 1. The first kappa shape index (κ1) is 22.5. The minimum Gasteiger partial charge on any atom is -0.352 e. The summed E-state index contributed by atoms with van der Waals surface area (Å²) in [6.45, 7) is 11.3. The summed E-state index contributed by atoms with van der Waals surface area (Å²) < 4.78 is 2.04. The predicted octanol–water partition coefficient (Wildman–Crippen LogP) is 2.66. The third-order valence-corrected chi connectivity index (χ3v) is 5.96. The monoisotopic (exact) mass is 488 g/mol. The van der Waals surface area contributed by atoms with Crippen molar-refractivity contribution in [1.82, 2.24) is 24.9 Å². The van der Waals surface area contributed by atoms with Crippen LogP contribution in [-0.4, -0.2) is 65.3 Å². The van der Waals surface area contributed by atoms with E-state index in [1.165, 1.54) is 55.8 Å². The summed E-state index contributed by atoms with van der Waals surface area (Å²) in [6, 6.07) is 0. The third-order valence-electron chi connectivity index (χ3n) is 5.96. The number of guanidine groups is 1. The largest absolute Gasteiger partial charge is 0.352 e. The highest BCUT2D eigenvalue weighted by molar-refractivity contribution is 14.0. The fourth-order valence-electron chi connectivity index (χ4n) is 4.60. The van der Waals surface area contributed by atoms with Crippen LogP contribution in [0.1, 0.15) is 50.1 Å². The third kappa shape index (κ3) is 5.37. The zero-order valence-electron chi connectivity index (χ0n) is 17.5. The normalized spacial score (nSPS) is 21.0. The molecule has 0 saturated carbocycles. The minimum atomic E-state index is 0. The summed E-state index contributed by atoms with van der Waals surface area (Å²) in [7, 11) is 3.96. The molecule has 2 saturated heterocycles. The van der Waals surface area contributed by atoms with Gasteiger partial charge in [0.25, 0.3) is 0 Å². The molecule has 1 N–H and O–H groups in total. The Hall–Kier alpha value is -0.830. The molecule has 0 aliphatic carbocycles. The van der Waals surface area contributed by atoms with Gasteiger partial charge in [-0.2, -0.15) is 5.10 Å². The van der Waals surface area contributed by atoms with Crippen molar-refractivity contribution in [3.05, 3.63) is 17.0 Å². The first-order valence-electron chi connectivity index (χ1n) is 10.4. The molecule has 0 radical (unpaired) electrons. The highest BCUT2D eigenvalue weighted by Crippen LogP contribution is 2.20. The average Bonchev–Trinajstić information content (AvgIpc) is 3.37. The number of halogens is 1. The van der Waals surface area contributed by atoms with Crippen molar-refractivity contribution >= 4 is 29.9 Å². The Balaban J connectivity index is 0.00000261. The molecular weight excluding hydrogens is 451 g/mol. The van der Waals surface area contributed by atoms with E-state index in [2.05, 4.69) is 46.1 Å². The van der Waals surface area contributed by atoms with E-state index < -0.39 is 0 Å². The summed E-state index contributed by atoms with van der Waals surface area (Å²) in [5.41, 5.74) is 3.89. The first-order chi connectivity index (χ1) is 12.7. The van der Waals surface area contributed by atoms with Gasteiger partial charge in [-0.3, -0.25) is 9.67 Å². The number of aromatic nitrogens is 2. The molecule has 0 amide bonds. The van der Waals surface area contributed by atoms with Crippen LogP contribution in [0, 0.1) is 5.92 Å². The van der Waals surface area contributed by atoms with E-state index in [1.54, 1.807) is 0 Å². The van der Waals surface area contributed by atoms with E-state index in [-0.39, 0.29) is 24.0 Å². The maximum Gasteiger partial charge on any atom is 0.193 e. The van der Waals surface area contributed by atoms with Crippen molar-refractivity contribution in [2.24, 2.45) is 18.0 Å². The Morgan fingerprint density at radius 3 is 2.56 bits per heavy atom. The van der Waals surface area contributed by atoms with Crippen LogP contribution in [0.2, 0.25) is 0 Å². The van der Waals surface area contributed by atoms with Crippen molar-refractivity contribution in [1.29, 1.82) is 0 Å². The quantitative estimate of drug-likeness (QED) is 0.380. The van der Waals surface area contributed by atoms with Crippen molar-refractivity contribution in [3.8, 4) is 0 Å².